The second-order valence-corrected chi connectivity index (χ2v) is 6.48. The second-order valence-electron chi connectivity index (χ2n) is 5.45. The summed E-state index contributed by atoms with van der Waals surface area (Å²) in [5.41, 5.74) is 1.00. The van der Waals surface area contributed by atoms with Crippen LogP contribution in [0.5, 0.6) is 0 Å². The Balaban J connectivity index is 1.42. The lowest BCUT2D eigenvalue weighted by Gasteiger charge is -2.34. The van der Waals surface area contributed by atoms with Gasteiger partial charge < -0.3 is 10.2 Å². The summed E-state index contributed by atoms with van der Waals surface area (Å²) in [6.07, 6.45) is 1.74. The lowest BCUT2D eigenvalue weighted by Crippen LogP contribution is -2.51. The molecule has 6 nitrogen and oxygen atoms in total. The van der Waals surface area contributed by atoms with Gasteiger partial charge in [-0.25, -0.2) is 4.79 Å². The molecule has 1 N–H and O–H groups in total. The predicted molar refractivity (Wildman–Crippen MR) is 86.6 cm³/mol. The number of urea groups is 1. The third-order valence-corrected chi connectivity index (χ3v) is 4.82. The minimum Gasteiger partial charge on any atom is -0.332 e. The first-order valence-electron chi connectivity index (χ1n) is 7.47. The Labute approximate surface area is 134 Å². The Hall–Kier alpha value is -1.86. The van der Waals surface area contributed by atoms with Crippen LogP contribution in [-0.4, -0.2) is 51.8 Å². The number of hydrogen-bond acceptors (Lipinski definition) is 4. The smallest absolute Gasteiger partial charge is 0.317 e. The third kappa shape index (κ3) is 3.66. The summed E-state index contributed by atoms with van der Waals surface area (Å²) in [6, 6.07) is 6.18. The number of nitrogens with one attached hydrogen (secondary N) is 1. The molecule has 2 aromatic heterocycles. The third-order valence-electron chi connectivity index (χ3n) is 3.96. The number of nitrogens with zero attached hydrogens (tertiary/aromatic N) is 4. The molecule has 0 saturated carbocycles. The average Bonchev–Trinajstić information content (AvgIpc) is 3.17. The van der Waals surface area contributed by atoms with Crippen LogP contribution in [0.4, 0.5) is 4.79 Å². The SMILES string of the molecule is Cn1nccc1CNC(=O)N1CCN(Cc2cccs2)CC1. The summed E-state index contributed by atoms with van der Waals surface area (Å²) >= 11 is 1.79. The molecule has 7 heteroatoms. The number of rotatable bonds is 4. The number of piperazine rings is 1. The van der Waals surface area contributed by atoms with E-state index in [1.54, 1.807) is 22.2 Å². The van der Waals surface area contributed by atoms with Crippen molar-refractivity contribution in [3.63, 3.8) is 0 Å². The van der Waals surface area contributed by atoms with Crippen LogP contribution >= 0.6 is 11.3 Å². The first-order valence-corrected chi connectivity index (χ1v) is 8.35. The van der Waals surface area contributed by atoms with Gasteiger partial charge in [-0.3, -0.25) is 9.58 Å². The van der Waals surface area contributed by atoms with Gasteiger partial charge in [0.15, 0.2) is 0 Å². The first-order chi connectivity index (χ1) is 10.7. The summed E-state index contributed by atoms with van der Waals surface area (Å²) in [6.45, 7) is 4.92. The number of thiophene rings is 1. The largest absolute Gasteiger partial charge is 0.332 e. The van der Waals surface area contributed by atoms with Crippen LogP contribution in [0.2, 0.25) is 0 Å². The molecule has 1 fully saturated rings. The fraction of sp³-hybridized carbons (Fsp3) is 0.467. The van der Waals surface area contributed by atoms with E-state index in [4.69, 9.17) is 0 Å². The molecule has 118 valence electrons. The van der Waals surface area contributed by atoms with Gasteiger partial charge in [-0.05, 0) is 17.5 Å². The molecular weight excluding hydrogens is 298 g/mol. The van der Waals surface area contributed by atoms with Crippen LogP contribution < -0.4 is 5.32 Å². The zero-order chi connectivity index (χ0) is 15.4. The first kappa shape index (κ1) is 15.1. The van der Waals surface area contributed by atoms with E-state index in [1.165, 1.54) is 4.88 Å². The molecule has 0 spiro atoms. The topological polar surface area (TPSA) is 53.4 Å². The molecule has 3 rings (SSSR count). The molecule has 0 unspecified atom stereocenters. The van der Waals surface area contributed by atoms with E-state index in [2.05, 4.69) is 32.8 Å². The summed E-state index contributed by atoms with van der Waals surface area (Å²) in [5, 5.41) is 9.17. The van der Waals surface area contributed by atoms with E-state index in [9.17, 15) is 4.79 Å². The minimum atomic E-state index is 0.0111. The van der Waals surface area contributed by atoms with Gasteiger partial charge in [0.05, 0.1) is 12.2 Å². The summed E-state index contributed by atoms with van der Waals surface area (Å²) in [7, 11) is 1.88. The normalized spacial score (nSPS) is 16.0. The molecule has 0 aromatic carbocycles. The van der Waals surface area contributed by atoms with Crippen LogP contribution in [0.25, 0.3) is 0 Å². The molecule has 0 aliphatic carbocycles. The standard InChI is InChI=1S/C15H21N5OS/c1-18-13(4-5-17-18)11-16-15(21)20-8-6-19(7-9-20)12-14-3-2-10-22-14/h2-5,10H,6-9,11-12H2,1H3,(H,16,21). The lowest BCUT2D eigenvalue weighted by molar-refractivity contribution is 0.135. The molecule has 1 aliphatic heterocycles. The number of carbonyl (C=O) groups is 1. The second kappa shape index (κ2) is 6.93. The molecule has 22 heavy (non-hydrogen) atoms. The zero-order valence-electron chi connectivity index (χ0n) is 12.7. The van der Waals surface area contributed by atoms with Crippen molar-refractivity contribution in [1.82, 2.24) is 24.9 Å². The van der Waals surface area contributed by atoms with Gasteiger partial charge in [0.25, 0.3) is 0 Å². The highest BCUT2D eigenvalue weighted by Crippen LogP contribution is 2.13. The number of aromatic nitrogens is 2. The Morgan fingerprint density at radius 3 is 2.77 bits per heavy atom. The summed E-state index contributed by atoms with van der Waals surface area (Å²) in [4.78, 5) is 17.9. The van der Waals surface area contributed by atoms with Gasteiger partial charge in [-0.2, -0.15) is 5.10 Å². The molecule has 0 bridgehead atoms. The number of carbonyl (C=O) groups excluding carboxylic acids is 1. The monoisotopic (exact) mass is 319 g/mol. The van der Waals surface area contributed by atoms with Gasteiger partial charge in [0.1, 0.15) is 0 Å². The summed E-state index contributed by atoms with van der Waals surface area (Å²) < 4.78 is 1.78. The Kier molecular flexibility index (Phi) is 4.74. The van der Waals surface area contributed by atoms with Crippen LogP contribution in [0, 0.1) is 0 Å². The van der Waals surface area contributed by atoms with Gasteiger partial charge in [0, 0.05) is 50.8 Å². The average molecular weight is 319 g/mol. The fourth-order valence-electron chi connectivity index (χ4n) is 2.58. The fourth-order valence-corrected chi connectivity index (χ4v) is 3.33. The zero-order valence-corrected chi connectivity index (χ0v) is 13.6. The summed E-state index contributed by atoms with van der Waals surface area (Å²) in [5.74, 6) is 0. The van der Waals surface area contributed by atoms with Crippen molar-refractivity contribution in [1.29, 1.82) is 0 Å². The molecular formula is C15H21N5OS. The van der Waals surface area contributed by atoms with Gasteiger partial charge in [-0.1, -0.05) is 6.07 Å². The van der Waals surface area contributed by atoms with Gasteiger partial charge in [-0.15, -0.1) is 11.3 Å². The van der Waals surface area contributed by atoms with Crippen LogP contribution in [0.15, 0.2) is 29.8 Å². The van der Waals surface area contributed by atoms with E-state index < -0.39 is 0 Å². The minimum absolute atomic E-state index is 0.0111. The van der Waals surface area contributed by atoms with Crippen molar-refractivity contribution in [2.45, 2.75) is 13.1 Å². The Morgan fingerprint density at radius 1 is 1.32 bits per heavy atom. The van der Waals surface area contributed by atoms with Crippen molar-refractivity contribution in [3.8, 4) is 0 Å². The van der Waals surface area contributed by atoms with Gasteiger partial charge in [0.2, 0.25) is 0 Å². The van der Waals surface area contributed by atoms with Crippen molar-refractivity contribution < 1.29 is 4.79 Å². The van der Waals surface area contributed by atoms with Crippen LogP contribution in [0.3, 0.4) is 0 Å². The van der Waals surface area contributed by atoms with Crippen LogP contribution in [-0.2, 0) is 20.1 Å². The highest BCUT2D eigenvalue weighted by atomic mass is 32.1. The molecule has 2 amide bonds. The number of aryl methyl sites for hydroxylation is 1. The molecule has 0 radical (unpaired) electrons. The molecule has 3 heterocycles. The maximum atomic E-state index is 12.2. The molecule has 1 aliphatic rings. The number of hydrogen-bond donors (Lipinski definition) is 1. The van der Waals surface area contributed by atoms with Crippen molar-refractivity contribution in [2.24, 2.45) is 7.05 Å². The van der Waals surface area contributed by atoms with E-state index in [0.29, 0.717) is 6.54 Å². The van der Waals surface area contributed by atoms with Crippen molar-refractivity contribution in [2.75, 3.05) is 26.2 Å². The van der Waals surface area contributed by atoms with E-state index in [0.717, 1.165) is 38.4 Å². The Bertz CT molecular complexity index is 601. The quantitative estimate of drug-likeness (QED) is 0.929. The van der Waals surface area contributed by atoms with E-state index in [1.807, 2.05) is 18.0 Å². The lowest BCUT2D eigenvalue weighted by atomic mass is 10.3. The molecule has 1 saturated heterocycles. The Morgan fingerprint density at radius 2 is 2.14 bits per heavy atom. The van der Waals surface area contributed by atoms with E-state index >= 15 is 0 Å². The molecule has 2 aromatic rings. The van der Waals surface area contributed by atoms with Crippen LogP contribution in [0.1, 0.15) is 10.6 Å². The molecule has 0 atom stereocenters. The number of amides is 2. The maximum absolute atomic E-state index is 12.2. The van der Waals surface area contributed by atoms with Crippen molar-refractivity contribution in [3.05, 3.63) is 40.3 Å². The van der Waals surface area contributed by atoms with Gasteiger partial charge >= 0.3 is 6.03 Å². The highest BCUT2D eigenvalue weighted by Gasteiger charge is 2.21. The maximum Gasteiger partial charge on any atom is 0.317 e. The highest BCUT2D eigenvalue weighted by molar-refractivity contribution is 7.09. The van der Waals surface area contributed by atoms with E-state index in [-0.39, 0.29) is 6.03 Å². The van der Waals surface area contributed by atoms with Crippen molar-refractivity contribution >= 4 is 17.4 Å². The predicted octanol–water partition coefficient (Wildman–Crippen LogP) is 1.51.